The number of thiazole rings is 1. The van der Waals surface area contributed by atoms with Crippen LogP contribution < -0.4 is 5.73 Å². The van der Waals surface area contributed by atoms with Crippen LogP contribution in [0.1, 0.15) is 24.5 Å². The molecule has 6 heteroatoms. The molecule has 0 atom stereocenters. The highest BCUT2D eigenvalue weighted by atomic mass is 32.1. The Morgan fingerprint density at radius 2 is 2.15 bits per heavy atom. The van der Waals surface area contributed by atoms with Crippen molar-refractivity contribution in [1.29, 1.82) is 0 Å². The fraction of sp³-hybridized carbons (Fsp3) is 0.214. The molecule has 0 unspecified atom stereocenters. The minimum atomic E-state index is 0.536. The molecule has 1 fully saturated rings. The van der Waals surface area contributed by atoms with Gasteiger partial charge in [-0.05, 0) is 25.0 Å². The summed E-state index contributed by atoms with van der Waals surface area (Å²) >= 11 is 1.58. The van der Waals surface area contributed by atoms with Gasteiger partial charge in [-0.15, -0.1) is 11.3 Å². The molecule has 3 aromatic heterocycles. The largest absolute Gasteiger partial charge is 0.384 e. The fourth-order valence-corrected chi connectivity index (χ4v) is 2.83. The van der Waals surface area contributed by atoms with E-state index in [2.05, 4.69) is 9.97 Å². The third-order valence-electron chi connectivity index (χ3n) is 3.42. The molecule has 1 aliphatic carbocycles. The van der Waals surface area contributed by atoms with E-state index in [-0.39, 0.29) is 0 Å². The van der Waals surface area contributed by atoms with Crippen LogP contribution in [0, 0.1) is 0 Å². The summed E-state index contributed by atoms with van der Waals surface area (Å²) in [6.07, 6.45) is 8.07. The molecule has 0 radical (unpaired) electrons. The molecule has 0 aromatic carbocycles. The van der Waals surface area contributed by atoms with Crippen LogP contribution in [0.2, 0.25) is 0 Å². The normalized spacial score (nSPS) is 14.6. The molecule has 4 rings (SSSR count). The molecule has 100 valence electrons. The molecular formula is C14H13N5S. The predicted molar refractivity (Wildman–Crippen MR) is 78.9 cm³/mol. The lowest BCUT2D eigenvalue weighted by atomic mass is 10.1. The van der Waals surface area contributed by atoms with E-state index in [4.69, 9.17) is 10.8 Å². The van der Waals surface area contributed by atoms with E-state index in [9.17, 15) is 0 Å². The number of nitrogens with zero attached hydrogens (tertiary/aromatic N) is 4. The summed E-state index contributed by atoms with van der Waals surface area (Å²) in [6.45, 7) is 0. The highest BCUT2D eigenvalue weighted by Crippen LogP contribution is 2.43. The first-order valence-corrected chi connectivity index (χ1v) is 7.40. The van der Waals surface area contributed by atoms with E-state index < -0.39 is 0 Å². The molecule has 3 heterocycles. The Balaban J connectivity index is 1.83. The maximum absolute atomic E-state index is 5.66. The van der Waals surface area contributed by atoms with Gasteiger partial charge in [-0.1, -0.05) is 0 Å². The molecule has 1 aliphatic rings. The maximum atomic E-state index is 5.66. The molecule has 0 bridgehead atoms. The average Bonchev–Trinajstić information content (AvgIpc) is 3.00. The van der Waals surface area contributed by atoms with Crippen LogP contribution in [0.15, 0.2) is 36.1 Å². The number of anilines is 1. The van der Waals surface area contributed by atoms with Crippen LogP contribution >= 0.6 is 11.3 Å². The summed E-state index contributed by atoms with van der Waals surface area (Å²) in [5, 5.41) is 7.57. The van der Waals surface area contributed by atoms with Crippen LogP contribution in [0.5, 0.6) is 0 Å². The second-order valence-corrected chi connectivity index (χ2v) is 5.81. The van der Waals surface area contributed by atoms with Gasteiger partial charge in [-0.25, -0.2) is 14.6 Å². The van der Waals surface area contributed by atoms with Crippen LogP contribution in [-0.4, -0.2) is 19.7 Å². The summed E-state index contributed by atoms with van der Waals surface area (Å²) in [5.74, 6) is 1.11. The van der Waals surface area contributed by atoms with Gasteiger partial charge in [0.2, 0.25) is 5.13 Å². The molecule has 0 amide bonds. The van der Waals surface area contributed by atoms with Crippen molar-refractivity contribution < 1.29 is 0 Å². The monoisotopic (exact) mass is 283 g/mol. The molecule has 20 heavy (non-hydrogen) atoms. The van der Waals surface area contributed by atoms with Gasteiger partial charge in [0.15, 0.2) is 0 Å². The van der Waals surface area contributed by atoms with Crippen molar-refractivity contribution in [3.63, 3.8) is 0 Å². The average molecular weight is 283 g/mol. The third-order valence-corrected chi connectivity index (χ3v) is 4.18. The van der Waals surface area contributed by atoms with Gasteiger partial charge in [0.05, 0.1) is 5.69 Å². The highest BCUT2D eigenvalue weighted by Gasteiger charge is 2.30. The van der Waals surface area contributed by atoms with Crippen molar-refractivity contribution in [3.8, 4) is 16.3 Å². The zero-order valence-corrected chi connectivity index (χ0v) is 11.5. The fourth-order valence-electron chi connectivity index (χ4n) is 2.26. The third kappa shape index (κ3) is 1.98. The van der Waals surface area contributed by atoms with E-state index in [1.807, 2.05) is 34.6 Å². The lowest BCUT2D eigenvalue weighted by Crippen LogP contribution is -1.94. The standard InChI is InChI=1S/C14H13N5S/c15-12-4-3-10(7-17-12)11-8-19(14-16-5-6-20-14)18-13(11)9-1-2-9/h3-9H,1-2H2,(H2,15,17). The number of nitrogen functional groups attached to an aromatic ring is 1. The Morgan fingerprint density at radius 3 is 2.80 bits per heavy atom. The highest BCUT2D eigenvalue weighted by molar-refractivity contribution is 7.12. The zero-order chi connectivity index (χ0) is 13.5. The summed E-state index contributed by atoms with van der Waals surface area (Å²) in [6, 6.07) is 3.82. The number of aromatic nitrogens is 4. The van der Waals surface area contributed by atoms with Gasteiger partial charge in [0.25, 0.3) is 0 Å². The van der Waals surface area contributed by atoms with Crippen molar-refractivity contribution in [2.45, 2.75) is 18.8 Å². The smallest absolute Gasteiger partial charge is 0.210 e. The van der Waals surface area contributed by atoms with E-state index in [1.165, 1.54) is 12.8 Å². The first kappa shape index (κ1) is 11.6. The Labute approximate surface area is 120 Å². The summed E-state index contributed by atoms with van der Waals surface area (Å²) in [7, 11) is 0. The Hall–Kier alpha value is -2.21. The van der Waals surface area contributed by atoms with Crippen LogP contribution in [0.4, 0.5) is 5.82 Å². The Kier molecular flexibility index (Phi) is 2.56. The van der Waals surface area contributed by atoms with Crippen LogP contribution in [-0.2, 0) is 0 Å². The molecule has 0 aliphatic heterocycles. The van der Waals surface area contributed by atoms with Gasteiger partial charge >= 0.3 is 0 Å². The van der Waals surface area contributed by atoms with Crippen LogP contribution in [0.25, 0.3) is 16.3 Å². The first-order valence-electron chi connectivity index (χ1n) is 6.52. The number of hydrogen-bond donors (Lipinski definition) is 1. The lowest BCUT2D eigenvalue weighted by molar-refractivity contribution is 0.830. The summed E-state index contributed by atoms with van der Waals surface area (Å²) < 4.78 is 1.87. The lowest BCUT2D eigenvalue weighted by Gasteiger charge is -2.00. The number of pyridine rings is 1. The zero-order valence-electron chi connectivity index (χ0n) is 10.7. The molecule has 0 saturated heterocycles. The number of nitrogens with two attached hydrogens (primary N) is 1. The molecule has 3 aromatic rings. The Morgan fingerprint density at radius 1 is 1.25 bits per heavy atom. The molecule has 5 nitrogen and oxygen atoms in total. The topological polar surface area (TPSA) is 69.6 Å². The van der Waals surface area contributed by atoms with E-state index in [0.29, 0.717) is 11.7 Å². The van der Waals surface area contributed by atoms with Crippen molar-refractivity contribution in [3.05, 3.63) is 41.8 Å². The van der Waals surface area contributed by atoms with Gasteiger partial charge in [-0.3, -0.25) is 0 Å². The molecule has 1 saturated carbocycles. The molecule has 0 spiro atoms. The molecule has 2 N–H and O–H groups in total. The summed E-state index contributed by atoms with van der Waals surface area (Å²) in [5.41, 5.74) is 9.00. The van der Waals surface area contributed by atoms with Crippen molar-refractivity contribution in [1.82, 2.24) is 19.7 Å². The minimum Gasteiger partial charge on any atom is -0.384 e. The second-order valence-electron chi connectivity index (χ2n) is 4.93. The summed E-state index contributed by atoms with van der Waals surface area (Å²) in [4.78, 5) is 8.49. The number of rotatable bonds is 3. The Bertz CT molecular complexity index is 726. The van der Waals surface area contributed by atoms with E-state index in [0.717, 1.165) is 22.0 Å². The van der Waals surface area contributed by atoms with Gasteiger partial charge in [0, 0.05) is 41.0 Å². The van der Waals surface area contributed by atoms with Gasteiger partial charge < -0.3 is 5.73 Å². The second kappa shape index (κ2) is 4.42. The van der Waals surface area contributed by atoms with Crippen LogP contribution in [0.3, 0.4) is 0 Å². The quantitative estimate of drug-likeness (QED) is 0.802. The van der Waals surface area contributed by atoms with Crippen molar-refractivity contribution >= 4 is 17.2 Å². The minimum absolute atomic E-state index is 0.536. The van der Waals surface area contributed by atoms with Crippen molar-refractivity contribution in [2.24, 2.45) is 0 Å². The number of hydrogen-bond acceptors (Lipinski definition) is 5. The van der Waals surface area contributed by atoms with E-state index >= 15 is 0 Å². The molecular weight excluding hydrogens is 270 g/mol. The van der Waals surface area contributed by atoms with Crippen molar-refractivity contribution in [2.75, 3.05) is 5.73 Å². The van der Waals surface area contributed by atoms with Gasteiger partial charge in [0.1, 0.15) is 5.82 Å². The predicted octanol–water partition coefficient (Wildman–Crippen LogP) is 2.85. The maximum Gasteiger partial charge on any atom is 0.210 e. The van der Waals surface area contributed by atoms with Gasteiger partial charge in [-0.2, -0.15) is 5.10 Å². The van der Waals surface area contributed by atoms with E-state index in [1.54, 1.807) is 17.5 Å². The SMILES string of the molecule is Nc1ccc(-c2cn(-c3nccs3)nc2C2CC2)cn1. The first-order chi connectivity index (χ1) is 9.81.